The lowest BCUT2D eigenvalue weighted by Crippen LogP contribution is -2.26. The quantitative estimate of drug-likeness (QED) is 0.902. The summed E-state index contributed by atoms with van der Waals surface area (Å²) in [6.07, 6.45) is 0. The Balaban J connectivity index is 2.15. The van der Waals surface area contributed by atoms with Crippen molar-refractivity contribution in [3.63, 3.8) is 0 Å². The Morgan fingerprint density at radius 1 is 1.20 bits per heavy atom. The maximum Gasteiger partial charge on any atom is 0.255 e. The Hall–Kier alpha value is -2.00. The van der Waals surface area contributed by atoms with Crippen molar-refractivity contribution < 1.29 is 9.90 Å². The van der Waals surface area contributed by atoms with Crippen molar-refractivity contribution in [2.24, 2.45) is 0 Å². The van der Waals surface area contributed by atoms with Gasteiger partial charge in [-0.2, -0.15) is 0 Å². The predicted octanol–water partition coefficient (Wildman–Crippen LogP) is 3.85. The number of aryl methyl sites for hydroxylation is 1. The molecule has 1 amide bonds. The summed E-state index contributed by atoms with van der Waals surface area (Å²) in [7, 11) is 0. The summed E-state index contributed by atoms with van der Waals surface area (Å²) in [5, 5.41) is 13.4. The van der Waals surface area contributed by atoms with Gasteiger partial charge in [0, 0.05) is 5.02 Å². The number of aromatic hydroxyl groups is 1. The Labute approximate surface area is 123 Å². The van der Waals surface area contributed by atoms with Crippen LogP contribution >= 0.6 is 11.6 Å². The molecule has 0 aliphatic rings. The third kappa shape index (κ3) is 3.11. The van der Waals surface area contributed by atoms with Gasteiger partial charge >= 0.3 is 0 Å². The molecule has 4 heteroatoms. The summed E-state index contributed by atoms with van der Waals surface area (Å²) < 4.78 is 0. The number of rotatable bonds is 3. The van der Waals surface area contributed by atoms with Crippen LogP contribution in [-0.4, -0.2) is 11.0 Å². The van der Waals surface area contributed by atoms with Crippen LogP contribution in [0.1, 0.15) is 34.5 Å². The monoisotopic (exact) mass is 289 g/mol. The first-order chi connectivity index (χ1) is 9.49. The van der Waals surface area contributed by atoms with Gasteiger partial charge in [0.2, 0.25) is 0 Å². The third-order valence-electron chi connectivity index (χ3n) is 3.20. The minimum absolute atomic E-state index is 0.0216. The van der Waals surface area contributed by atoms with Crippen molar-refractivity contribution in [2.45, 2.75) is 19.9 Å². The van der Waals surface area contributed by atoms with Gasteiger partial charge in [0.25, 0.3) is 5.91 Å². The van der Waals surface area contributed by atoms with Gasteiger partial charge in [-0.15, -0.1) is 0 Å². The number of phenolic OH excluding ortho intramolecular Hbond substituents is 1. The minimum atomic E-state index is -0.298. The molecular weight excluding hydrogens is 274 g/mol. The molecule has 1 unspecified atom stereocenters. The van der Waals surface area contributed by atoms with Crippen LogP contribution in [0, 0.1) is 6.92 Å². The highest BCUT2D eigenvalue weighted by Crippen LogP contribution is 2.22. The van der Waals surface area contributed by atoms with Gasteiger partial charge in [-0.05, 0) is 43.2 Å². The minimum Gasteiger partial charge on any atom is -0.507 e. The Kier molecular flexibility index (Phi) is 4.30. The predicted molar refractivity (Wildman–Crippen MR) is 80.2 cm³/mol. The summed E-state index contributed by atoms with van der Waals surface area (Å²) in [6.45, 7) is 3.64. The lowest BCUT2D eigenvalue weighted by Gasteiger charge is -2.15. The first-order valence-electron chi connectivity index (χ1n) is 6.34. The number of phenols is 1. The molecule has 2 aromatic carbocycles. The Morgan fingerprint density at radius 3 is 2.50 bits per heavy atom. The van der Waals surface area contributed by atoms with E-state index in [0.717, 1.165) is 5.56 Å². The van der Waals surface area contributed by atoms with Crippen LogP contribution in [0.3, 0.4) is 0 Å². The standard InChI is InChI=1S/C16H16ClNO2/c1-10-4-3-5-14(15(10)19)16(20)18-11(2)12-6-8-13(17)9-7-12/h3-9,11,19H,1-2H3,(H,18,20). The van der Waals surface area contributed by atoms with E-state index in [0.29, 0.717) is 10.6 Å². The molecule has 0 aromatic heterocycles. The number of halogens is 1. The van der Waals surface area contributed by atoms with Crippen LogP contribution in [0.25, 0.3) is 0 Å². The molecule has 0 bridgehead atoms. The van der Waals surface area contributed by atoms with Crippen molar-refractivity contribution in [3.8, 4) is 5.75 Å². The van der Waals surface area contributed by atoms with Crippen molar-refractivity contribution in [3.05, 3.63) is 64.2 Å². The summed E-state index contributed by atoms with van der Waals surface area (Å²) >= 11 is 5.84. The number of hydrogen-bond donors (Lipinski definition) is 2. The third-order valence-corrected chi connectivity index (χ3v) is 3.45. The summed E-state index contributed by atoms with van der Waals surface area (Å²) in [5.41, 5.74) is 1.91. The topological polar surface area (TPSA) is 49.3 Å². The van der Waals surface area contributed by atoms with Crippen molar-refractivity contribution in [2.75, 3.05) is 0 Å². The number of carbonyl (C=O) groups excluding carboxylic acids is 1. The molecule has 1 atom stereocenters. The molecule has 2 N–H and O–H groups in total. The van der Waals surface area contributed by atoms with E-state index in [2.05, 4.69) is 5.32 Å². The number of amides is 1. The van der Waals surface area contributed by atoms with E-state index in [1.165, 1.54) is 0 Å². The molecular formula is C16H16ClNO2. The van der Waals surface area contributed by atoms with E-state index in [1.54, 1.807) is 37.3 Å². The van der Waals surface area contributed by atoms with Crippen LogP contribution in [0.5, 0.6) is 5.75 Å². The van der Waals surface area contributed by atoms with Crippen LogP contribution in [0.4, 0.5) is 0 Å². The molecule has 0 heterocycles. The SMILES string of the molecule is Cc1cccc(C(=O)NC(C)c2ccc(Cl)cc2)c1O. The number of nitrogens with one attached hydrogen (secondary N) is 1. The zero-order valence-corrected chi connectivity index (χ0v) is 12.1. The van der Waals surface area contributed by atoms with E-state index in [9.17, 15) is 9.90 Å². The fourth-order valence-electron chi connectivity index (χ4n) is 1.95. The molecule has 0 fully saturated rings. The molecule has 2 aromatic rings. The summed E-state index contributed by atoms with van der Waals surface area (Å²) in [4.78, 5) is 12.2. The molecule has 3 nitrogen and oxygen atoms in total. The van der Waals surface area contributed by atoms with Crippen LogP contribution in [0.2, 0.25) is 5.02 Å². The number of hydrogen-bond acceptors (Lipinski definition) is 2. The molecule has 0 spiro atoms. The Bertz CT molecular complexity index is 623. The first kappa shape index (κ1) is 14.4. The Morgan fingerprint density at radius 2 is 1.85 bits per heavy atom. The van der Waals surface area contributed by atoms with Crippen molar-refractivity contribution >= 4 is 17.5 Å². The van der Waals surface area contributed by atoms with Gasteiger partial charge in [0.15, 0.2) is 0 Å². The lowest BCUT2D eigenvalue weighted by molar-refractivity contribution is 0.0937. The molecule has 104 valence electrons. The fourth-order valence-corrected chi connectivity index (χ4v) is 2.08. The molecule has 2 rings (SSSR count). The van der Waals surface area contributed by atoms with Gasteiger partial charge in [0.1, 0.15) is 5.75 Å². The van der Waals surface area contributed by atoms with Crippen molar-refractivity contribution in [1.29, 1.82) is 0 Å². The van der Waals surface area contributed by atoms with E-state index in [1.807, 2.05) is 19.1 Å². The average molecular weight is 290 g/mol. The highest BCUT2D eigenvalue weighted by atomic mass is 35.5. The summed E-state index contributed by atoms with van der Waals surface area (Å²) in [6, 6.07) is 12.2. The van der Waals surface area contributed by atoms with Gasteiger partial charge < -0.3 is 10.4 Å². The molecule has 0 saturated heterocycles. The van der Waals surface area contributed by atoms with E-state index in [4.69, 9.17) is 11.6 Å². The van der Waals surface area contributed by atoms with Gasteiger partial charge in [-0.3, -0.25) is 4.79 Å². The number of carbonyl (C=O) groups is 1. The van der Waals surface area contributed by atoms with Crippen LogP contribution < -0.4 is 5.32 Å². The smallest absolute Gasteiger partial charge is 0.255 e. The van der Waals surface area contributed by atoms with E-state index >= 15 is 0 Å². The first-order valence-corrected chi connectivity index (χ1v) is 6.71. The number of para-hydroxylation sites is 1. The normalized spacial score (nSPS) is 11.9. The molecule has 0 saturated carbocycles. The zero-order valence-electron chi connectivity index (χ0n) is 11.4. The van der Waals surface area contributed by atoms with Gasteiger partial charge in [-0.1, -0.05) is 35.9 Å². The second-order valence-corrected chi connectivity index (χ2v) is 5.15. The molecule has 0 radical (unpaired) electrons. The average Bonchev–Trinajstić information content (AvgIpc) is 2.42. The molecule has 20 heavy (non-hydrogen) atoms. The van der Waals surface area contributed by atoms with Gasteiger partial charge in [0.05, 0.1) is 11.6 Å². The lowest BCUT2D eigenvalue weighted by atomic mass is 10.1. The van der Waals surface area contributed by atoms with Gasteiger partial charge in [-0.25, -0.2) is 0 Å². The largest absolute Gasteiger partial charge is 0.507 e. The maximum absolute atomic E-state index is 12.2. The molecule has 0 aliphatic heterocycles. The second-order valence-electron chi connectivity index (χ2n) is 4.72. The summed E-state index contributed by atoms with van der Waals surface area (Å²) in [5.74, 6) is -0.276. The second kappa shape index (κ2) is 5.97. The van der Waals surface area contributed by atoms with Crippen LogP contribution in [0.15, 0.2) is 42.5 Å². The van der Waals surface area contributed by atoms with E-state index in [-0.39, 0.29) is 23.3 Å². The van der Waals surface area contributed by atoms with Crippen molar-refractivity contribution in [1.82, 2.24) is 5.32 Å². The van der Waals surface area contributed by atoms with E-state index < -0.39 is 0 Å². The highest BCUT2D eigenvalue weighted by Gasteiger charge is 2.15. The zero-order chi connectivity index (χ0) is 14.7. The van der Waals surface area contributed by atoms with Crippen LogP contribution in [-0.2, 0) is 0 Å². The maximum atomic E-state index is 12.2. The molecule has 0 aliphatic carbocycles. The fraction of sp³-hybridized carbons (Fsp3) is 0.188. The highest BCUT2D eigenvalue weighted by molar-refractivity contribution is 6.30. The number of benzene rings is 2.